The molecule has 0 aliphatic rings. The van der Waals surface area contributed by atoms with Crippen LogP contribution in [-0.2, 0) is 10.1 Å². The monoisotopic (exact) mass is 388 g/mol. The predicted octanol–water partition coefficient (Wildman–Crippen LogP) is 4.52. The second kappa shape index (κ2) is 7.15. The van der Waals surface area contributed by atoms with Gasteiger partial charge in [0, 0.05) is 6.07 Å². The van der Waals surface area contributed by atoms with E-state index in [1.807, 2.05) is 45.9 Å². The molecule has 0 aliphatic heterocycles. The van der Waals surface area contributed by atoms with Gasteiger partial charge in [0.25, 0.3) is 0 Å². The van der Waals surface area contributed by atoms with Crippen molar-refractivity contribution in [1.82, 2.24) is 9.78 Å². The summed E-state index contributed by atoms with van der Waals surface area (Å²) in [6.45, 7) is 7.85. The molecule has 0 atom stereocenters. The second-order valence-electron chi connectivity index (χ2n) is 6.68. The summed E-state index contributed by atoms with van der Waals surface area (Å²) >= 11 is 0. The van der Waals surface area contributed by atoms with Gasteiger partial charge in [0.1, 0.15) is 10.7 Å². The van der Waals surface area contributed by atoms with Crippen molar-refractivity contribution < 1.29 is 17.0 Å². The van der Waals surface area contributed by atoms with Crippen LogP contribution in [0.2, 0.25) is 0 Å². The molecule has 0 fully saturated rings. The van der Waals surface area contributed by atoms with Gasteiger partial charge in [-0.05, 0) is 61.2 Å². The highest BCUT2D eigenvalue weighted by atomic mass is 32.2. The Labute approximate surface area is 158 Å². The third kappa shape index (κ3) is 3.88. The van der Waals surface area contributed by atoms with E-state index in [0.717, 1.165) is 28.9 Å². The van der Waals surface area contributed by atoms with E-state index in [9.17, 15) is 12.8 Å². The molecule has 0 bridgehead atoms. The molecular weight excluding hydrogens is 367 g/mol. The molecule has 2 aromatic carbocycles. The van der Waals surface area contributed by atoms with Crippen LogP contribution in [0.4, 0.5) is 4.39 Å². The highest BCUT2D eigenvalue weighted by Gasteiger charge is 2.22. The van der Waals surface area contributed by atoms with Crippen LogP contribution in [0.15, 0.2) is 53.4 Å². The van der Waals surface area contributed by atoms with Gasteiger partial charge in [-0.25, -0.2) is 4.39 Å². The van der Waals surface area contributed by atoms with Gasteiger partial charge in [0.15, 0.2) is 0 Å². The Kier molecular flexibility index (Phi) is 5.06. The van der Waals surface area contributed by atoms with E-state index in [4.69, 9.17) is 4.18 Å². The molecule has 7 heteroatoms. The van der Waals surface area contributed by atoms with Crippen LogP contribution < -0.4 is 4.18 Å². The van der Waals surface area contributed by atoms with E-state index in [-0.39, 0.29) is 16.7 Å². The number of halogens is 1. The summed E-state index contributed by atoms with van der Waals surface area (Å²) in [6.07, 6.45) is 0. The van der Waals surface area contributed by atoms with Gasteiger partial charge in [-0.15, -0.1) is 0 Å². The summed E-state index contributed by atoms with van der Waals surface area (Å²) in [6, 6.07) is 11.8. The molecular formula is C20H21FN2O3S. The first-order chi connectivity index (χ1) is 12.7. The highest BCUT2D eigenvalue weighted by Crippen LogP contribution is 2.28. The Balaban J connectivity index is 2.09. The minimum atomic E-state index is -4.12. The lowest BCUT2D eigenvalue weighted by Gasteiger charge is -2.12. The number of hydrogen-bond donors (Lipinski definition) is 0. The van der Waals surface area contributed by atoms with Crippen molar-refractivity contribution in [2.45, 2.75) is 38.5 Å². The summed E-state index contributed by atoms with van der Waals surface area (Å²) in [7, 11) is -4.12. The van der Waals surface area contributed by atoms with Crippen LogP contribution in [0.3, 0.4) is 0 Å². The van der Waals surface area contributed by atoms with E-state index in [0.29, 0.717) is 5.69 Å². The number of rotatable bonds is 5. The Bertz CT molecular complexity index is 1070. The molecule has 0 spiro atoms. The van der Waals surface area contributed by atoms with Gasteiger partial charge in [-0.2, -0.15) is 18.2 Å². The van der Waals surface area contributed by atoms with Gasteiger partial charge in [-0.3, -0.25) is 0 Å². The normalized spacial score (nSPS) is 11.8. The summed E-state index contributed by atoms with van der Waals surface area (Å²) in [5, 5.41) is 4.54. The molecule has 142 valence electrons. The molecule has 0 unspecified atom stereocenters. The smallest absolute Gasteiger partial charge is 0.340 e. The standard InChI is InChI=1S/C20H21FN2O3S/c1-13(2)18-12-20(23(22-18)19-7-5-6-14(3)15(19)4)26-27(24,25)17-10-8-16(21)9-11-17/h5-13H,1-4H3. The first-order valence-corrected chi connectivity index (χ1v) is 9.96. The fourth-order valence-electron chi connectivity index (χ4n) is 2.62. The van der Waals surface area contributed by atoms with Crippen molar-refractivity contribution >= 4 is 10.1 Å². The average Bonchev–Trinajstić information content (AvgIpc) is 3.01. The summed E-state index contributed by atoms with van der Waals surface area (Å²) in [5.41, 5.74) is 3.48. The predicted molar refractivity (Wildman–Crippen MR) is 101 cm³/mol. The maximum absolute atomic E-state index is 13.1. The van der Waals surface area contributed by atoms with E-state index >= 15 is 0 Å². The van der Waals surface area contributed by atoms with Crippen LogP contribution in [0.1, 0.15) is 36.6 Å². The average molecular weight is 388 g/mol. The maximum Gasteiger partial charge on any atom is 0.340 e. The second-order valence-corrected chi connectivity index (χ2v) is 8.23. The zero-order chi connectivity index (χ0) is 19.8. The van der Waals surface area contributed by atoms with Crippen molar-refractivity contribution in [3.05, 3.63) is 71.2 Å². The van der Waals surface area contributed by atoms with Gasteiger partial charge >= 0.3 is 10.1 Å². The van der Waals surface area contributed by atoms with Gasteiger partial charge in [0.05, 0.1) is 11.4 Å². The fraction of sp³-hybridized carbons (Fsp3) is 0.250. The number of aromatic nitrogens is 2. The molecule has 3 aromatic rings. The van der Waals surface area contributed by atoms with Gasteiger partial charge in [0.2, 0.25) is 5.88 Å². The van der Waals surface area contributed by atoms with Crippen LogP contribution >= 0.6 is 0 Å². The summed E-state index contributed by atoms with van der Waals surface area (Å²) in [4.78, 5) is -0.122. The SMILES string of the molecule is Cc1cccc(-n2nc(C(C)C)cc2OS(=O)(=O)c2ccc(F)cc2)c1C. The van der Waals surface area contributed by atoms with Crippen molar-refractivity contribution in [2.75, 3.05) is 0 Å². The van der Waals surface area contributed by atoms with E-state index < -0.39 is 15.9 Å². The van der Waals surface area contributed by atoms with E-state index in [1.165, 1.54) is 16.8 Å². The first-order valence-electron chi connectivity index (χ1n) is 8.55. The number of nitrogens with zero attached hydrogens (tertiary/aromatic N) is 2. The molecule has 3 rings (SSSR count). The maximum atomic E-state index is 13.1. The largest absolute Gasteiger partial charge is 0.358 e. The molecule has 0 saturated carbocycles. The van der Waals surface area contributed by atoms with Gasteiger partial charge in [-0.1, -0.05) is 26.0 Å². The third-order valence-electron chi connectivity index (χ3n) is 4.39. The molecule has 0 radical (unpaired) electrons. The molecule has 1 aromatic heterocycles. The molecule has 0 saturated heterocycles. The third-order valence-corrected chi connectivity index (χ3v) is 5.63. The lowest BCUT2D eigenvalue weighted by molar-refractivity contribution is 0.464. The Hall–Kier alpha value is -2.67. The molecule has 0 aliphatic carbocycles. The molecule has 5 nitrogen and oxygen atoms in total. The van der Waals surface area contributed by atoms with Crippen molar-refractivity contribution in [3.63, 3.8) is 0 Å². The number of hydrogen-bond acceptors (Lipinski definition) is 4. The van der Waals surface area contributed by atoms with Crippen molar-refractivity contribution in [1.29, 1.82) is 0 Å². The molecule has 1 heterocycles. The van der Waals surface area contributed by atoms with Crippen molar-refractivity contribution in [3.8, 4) is 11.6 Å². The zero-order valence-corrected chi connectivity index (χ0v) is 16.4. The lowest BCUT2D eigenvalue weighted by atomic mass is 10.1. The topological polar surface area (TPSA) is 61.2 Å². The Morgan fingerprint density at radius 2 is 1.74 bits per heavy atom. The van der Waals surface area contributed by atoms with Crippen LogP contribution in [-0.4, -0.2) is 18.2 Å². The molecule has 0 amide bonds. The first kappa shape index (κ1) is 19.1. The van der Waals surface area contributed by atoms with Gasteiger partial charge < -0.3 is 4.18 Å². The van der Waals surface area contributed by atoms with E-state index in [1.54, 1.807) is 6.07 Å². The van der Waals surface area contributed by atoms with Crippen LogP contribution in [0.25, 0.3) is 5.69 Å². The summed E-state index contributed by atoms with van der Waals surface area (Å²) < 4.78 is 45.3. The van der Waals surface area contributed by atoms with Crippen molar-refractivity contribution in [2.24, 2.45) is 0 Å². The fourth-order valence-corrected chi connectivity index (χ4v) is 3.53. The number of aryl methyl sites for hydroxylation is 1. The highest BCUT2D eigenvalue weighted by molar-refractivity contribution is 7.87. The zero-order valence-electron chi connectivity index (χ0n) is 15.6. The molecule has 0 N–H and O–H groups in total. The molecule has 27 heavy (non-hydrogen) atoms. The van der Waals surface area contributed by atoms with E-state index in [2.05, 4.69) is 5.10 Å². The Morgan fingerprint density at radius 1 is 1.07 bits per heavy atom. The van der Waals surface area contributed by atoms with Crippen LogP contribution in [0, 0.1) is 19.7 Å². The van der Waals surface area contributed by atoms with Crippen LogP contribution in [0.5, 0.6) is 5.88 Å². The Morgan fingerprint density at radius 3 is 2.37 bits per heavy atom. The summed E-state index contributed by atoms with van der Waals surface area (Å²) in [5.74, 6) is -0.333. The quantitative estimate of drug-likeness (QED) is 0.603. The lowest BCUT2D eigenvalue weighted by Crippen LogP contribution is -2.13. The minimum Gasteiger partial charge on any atom is -0.358 e. The number of benzene rings is 2. The minimum absolute atomic E-state index is 0.0900.